The van der Waals surface area contributed by atoms with Gasteiger partial charge in [0.05, 0.1) is 17.7 Å². The van der Waals surface area contributed by atoms with Crippen molar-refractivity contribution in [3.8, 4) is 0 Å². The van der Waals surface area contributed by atoms with Gasteiger partial charge in [0, 0.05) is 12.4 Å². The Morgan fingerprint density at radius 2 is 2.05 bits per heavy atom. The Balaban J connectivity index is 2.07. The van der Waals surface area contributed by atoms with Crippen molar-refractivity contribution in [1.82, 2.24) is 9.97 Å². The summed E-state index contributed by atoms with van der Waals surface area (Å²) in [4.78, 5) is 30.7. The van der Waals surface area contributed by atoms with Crippen molar-refractivity contribution in [3.63, 3.8) is 0 Å². The maximum atomic E-state index is 11.9. The number of carbonyl (C=O) groups is 2. The predicted molar refractivity (Wildman–Crippen MR) is 72.5 cm³/mol. The molecule has 6 nitrogen and oxygen atoms in total. The summed E-state index contributed by atoms with van der Waals surface area (Å²) in [5.74, 6) is -1.14. The van der Waals surface area contributed by atoms with Crippen LogP contribution in [0.25, 0.3) is 0 Å². The lowest BCUT2D eigenvalue weighted by molar-refractivity contribution is -0.115. The summed E-state index contributed by atoms with van der Waals surface area (Å²) >= 11 is 0. The van der Waals surface area contributed by atoms with Crippen LogP contribution in [0.2, 0.25) is 0 Å². The smallest absolute Gasteiger partial charge is 0.335 e. The maximum Gasteiger partial charge on any atom is 0.335 e. The molecule has 0 unspecified atom stereocenters. The van der Waals surface area contributed by atoms with Gasteiger partial charge in [0.15, 0.2) is 0 Å². The molecule has 6 heteroatoms. The molecule has 0 aliphatic heterocycles. The highest BCUT2D eigenvalue weighted by molar-refractivity contribution is 5.93. The van der Waals surface area contributed by atoms with Gasteiger partial charge in [-0.05, 0) is 30.7 Å². The van der Waals surface area contributed by atoms with E-state index in [9.17, 15) is 9.59 Å². The molecule has 2 aromatic heterocycles. The fourth-order valence-corrected chi connectivity index (χ4v) is 1.67. The van der Waals surface area contributed by atoms with Crippen molar-refractivity contribution in [2.45, 2.75) is 13.3 Å². The monoisotopic (exact) mass is 271 g/mol. The number of aromatic carboxylic acids is 1. The van der Waals surface area contributed by atoms with Crippen molar-refractivity contribution < 1.29 is 14.7 Å². The molecule has 0 spiro atoms. The summed E-state index contributed by atoms with van der Waals surface area (Å²) < 4.78 is 0. The molecular weight excluding hydrogens is 258 g/mol. The van der Waals surface area contributed by atoms with Gasteiger partial charge < -0.3 is 10.4 Å². The lowest BCUT2D eigenvalue weighted by atomic mass is 10.1. The standard InChI is InChI=1S/C14H13N3O3/c1-9-3-2-5-15-11(9)8-13(18)17-12-7-10(14(19)20)4-6-16-12/h2-7H,8H2,1H3,(H,19,20)(H,16,17,18). The lowest BCUT2D eigenvalue weighted by Crippen LogP contribution is -2.17. The maximum absolute atomic E-state index is 11.9. The van der Waals surface area contributed by atoms with Crippen LogP contribution >= 0.6 is 0 Å². The molecule has 0 saturated carbocycles. The molecule has 0 aromatic carbocycles. The molecule has 102 valence electrons. The van der Waals surface area contributed by atoms with Crippen molar-refractivity contribution in [2.24, 2.45) is 0 Å². The number of carbonyl (C=O) groups excluding carboxylic acids is 1. The number of nitrogens with one attached hydrogen (secondary N) is 1. The second-order valence-corrected chi connectivity index (χ2v) is 4.23. The molecule has 0 aliphatic rings. The number of rotatable bonds is 4. The molecule has 2 heterocycles. The first-order chi connectivity index (χ1) is 9.56. The van der Waals surface area contributed by atoms with E-state index in [1.54, 1.807) is 12.3 Å². The molecule has 0 bridgehead atoms. The Morgan fingerprint density at radius 3 is 2.75 bits per heavy atom. The molecule has 2 N–H and O–H groups in total. The quantitative estimate of drug-likeness (QED) is 0.882. The lowest BCUT2D eigenvalue weighted by Gasteiger charge is -2.06. The van der Waals surface area contributed by atoms with Gasteiger partial charge in [0.2, 0.25) is 5.91 Å². The van der Waals surface area contributed by atoms with Gasteiger partial charge in [0.25, 0.3) is 0 Å². The molecule has 0 aliphatic carbocycles. The Labute approximate surface area is 115 Å². The fourth-order valence-electron chi connectivity index (χ4n) is 1.67. The molecule has 1 amide bonds. The van der Waals surface area contributed by atoms with Crippen molar-refractivity contribution in [1.29, 1.82) is 0 Å². The first-order valence-corrected chi connectivity index (χ1v) is 5.96. The van der Waals surface area contributed by atoms with Gasteiger partial charge in [-0.2, -0.15) is 0 Å². The molecule has 0 saturated heterocycles. The van der Waals surface area contributed by atoms with Crippen LogP contribution in [0.1, 0.15) is 21.6 Å². The van der Waals surface area contributed by atoms with Crippen LogP contribution < -0.4 is 5.32 Å². The number of carboxylic acids is 1. The van der Waals surface area contributed by atoms with Crippen LogP contribution in [0.4, 0.5) is 5.82 Å². The van der Waals surface area contributed by atoms with Gasteiger partial charge >= 0.3 is 5.97 Å². The van der Waals surface area contributed by atoms with E-state index in [1.807, 2.05) is 13.0 Å². The third kappa shape index (κ3) is 3.38. The summed E-state index contributed by atoms with van der Waals surface area (Å²) in [6.45, 7) is 1.87. The Kier molecular flexibility index (Phi) is 4.05. The van der Waals surface area contributed by atoms with Gasteiger partial charge in [-0.15, -0.1) is 0 Å². The van der Waals surface area contributed by atoms with Crippen molar-refractivity contribution in [2.75, 3.05) is 5.32 Å². The number of hydrogen-bond donors (Lipinski definition) is 2. The number of aryl methyl sites for hydroxylation is 1. The Morgan fingerprint density at radius 1 is 1.25 bits per heavy atom. The molecule has 2 rings (SSSR count). The van der Waals surface area contributed by atoms with E-state index in [4.69, 9.17) is 5.11 Å². The fraction of sp³-hybridized carbons (Fsp3) is 0.143. The van der Waals surface area contributed by atoms with Gasteiger partial charge in [-0.3, -0.25) is 9.78 Å². The highest BCUT2D eigenvalue weighted by Gasteiger charge is 2.09. The third-order valence-electron chi connectivity index (χ3n) is 2.72. The van der Waals surface area contributed by atoms with Crippen LogP contribution in [0, 0.1) is 6.92 Å². The number of aromatic nitrogens is 2. The molecule has 20 heavy (non-hydrogen) atoms. The van der Waals surface area contributed by atoms with E-state index in [-0.39, 0.29) is 23.7 Å². The molecule has 0 fully saturated rings. The zero-order chi connectivity index (χ0) is 14.5. The van der Waals surface area contributed by atoms with Crippen LogP contribution in [-0.4, -0.2) is 27.0 Å². The van der Waals surface area contributed by atoms with Crippen LogP contribution in [0.15, 0.2) is 36.7 Å². The normalized spacial score (nSPS) is 10.1. The molecular formula is C14H13N3O3. The van der Waals surface area contributed by atoms with E-state index in [0.29, 0.717) is 5.69 Å². The predicted octanol–water partition coefficient (Wildman–Crippen LogP) is 1.66. The second kappa shape index (κ2) is 5.92. The summed E-state index contributed by atoms with van der Waals surface area (Å²) in [6.07, 6.45) is 3.08. The number of amides is 1. The van der Waals surface area contributed by atoms with Gasteiger partial charge in [0.1, 0.15) is 5.82 Å². The summed E-state index contributed by atoms with van der Waals surface area (Å²) in [7, 11) is 0. The summed E-state index contributed by atoms with van der Waals surface area (Å²) in [5, 5.41) is 11.4. The minimum Gasteiger partial charge on any atom is -0.478 e. The number of hydrogen-bond acceptors (Lipinski definition) is 4. The van der Waals surface area contributed by atoms with E-state index in [0.717, 1.165) is 5.56 Å². The number of pyridine rings is 2. The van der Waals surface area contributed by atoms with Gasteiger partial charge in [-0.1, -0.05) is 6.07 Å². The number of anilines is 1. The highest BCUT2D eigenvalue weighted by Crippen LogP contribution is 2.09. The summed E-state index contributed by atoms with van der Waals surface area (Å²) in [6, 6.07) is 6.35. The summed E-state index contributed by atoms with van der Waals surface area (Å²) in [5.41, 5.74) is 1.68. The minimum atomic E-state index is -1.07. The first-order valence-electron chi connectivity index (χ1n) is 5.96. The zero-order valence-corrected chi connectivity index (χ0v) is 10.8. The van der Waals surface area contributed by atoms with Crippen molar-refractivity contribution >= 4 is 17.7 Å². The average molecular weight is 271 g/mol. The van der Waals surface area contributed by atoms with E-state index >= 15 is 0 Å². The SMILES string of the molecule is Cc1cccnc1CC(=O)Nc1cc(C(=O)O)ccn1. The molecule has 0 atom stereocenters. The van der Waals surface area contributed by atoms with E-state index in [2.05, 4.69) is 15.3 Å². The minimum absolute atomic E-state index is 0.0734. The van der Waals surface area contributed by atoms with E-state index < -0.39 is 5.97 Å². The van der Waals surface area contributed by atoms with E-state index in [1.165, 1.54) is 18.3 Å². The molecule has 0 radical (unpaired) electrons. The largest absolute Gasteiger partial charge is 0.478 e. The second-order valence-electron chi connectivity index (χ2n) is 4.23. The van der Waals surface area contributed by atoms with Crippen LogP contribution in [0.3, 0.4) is 0 Å². The Bertz CT molecular complexity index is 656. The third-order valence-corrected chi connectivity index (χ3v) is 2.72. The van der Waals surface area contributed by atoms with Crippen LogP contribution in [-0.2, 0) is 11.2 Å². The van der Waals surface area contributed by atoms with Crippen LogP contribution in [0.5, 0.6) is 0 Å². The Hall–Kier alpha value is -2.76. The number of nitrogens with zero attached hydrogens (tertiary/aromatic N) is 2. The number of carboxylic acid groups (broad SMARTS) is 1. The topological polar surface area (TPSA) is 92.2 Å². The average Bonchev–Trinajstić information content (AvgIpc) is 2.41. The van der Waals surface area contributed by atoms with Crippen molar-refractivity contribution in [3.05, 3.63) is 53.5 Å². The first kappa shape index (κ1) is 13.7. The highest BCUT2D eigenvalue weighted by atomic mass is 16.4. The zero-order valence-electron chi connectivity index (χ0n) is 10.8. The molecule has 2 aromatic rings. The van der Waals surface area contributed by atoms with Gasteiger partial charge in [-0.25, -0.2) is 9.78 Å².